The largest absolute Gasteiger partial charge is 0.481 e. The molecule has 0 aliphatic carbocycles. The van der Waals surface area contributed by atoms with E-state index in [1.54, 1.807) is 11.3 Å². The van der Waals surface area contributed by atoms with Gasteiger partial charge in [0.05, 0.1) is 29.8 Å². The van der Waals surface area contributed by atoms with Gasteiger partial charge in [-0.2, -0.15) is 0 Å². The van der Waals surface area contributed by atoms with Crippen LogP contribution in [-0.2, 0) is 22.5 Å². The maximum absolute atomic E-state index is 11.3. The first kappa shape index (κ1) is 16.4. The second-order valence-electron chi connectivity index (χ2n) is 5.50. The lowest BCUT2D eigenvalue weighted by Gasteiger charge is -2.29. The number of thiazole rings is 1. The van der Waals surface area contributed by atoms with Crippen LogP contribution in [0.1, 0.15) is 37.4 Å². The molecule has 0 saturated carbocycles. The maximum atomic E-state index is 11.3. The highest BCUT2D eigenvalue weighted by Gasteiger charge is 2.37. The van der Waals surface area contributed by atoms with E-state index in [9.17, 15) is 9.90 Å². The Bertz CT molecular complexity index is 464. The van der Waals surface area contributed by atoms with Crippen molar-refractivity contribution in [3.63, 3.8) is 0 Å². The second-order valence-corrected chi connectivity index (χ2v) is 6.45. The van der Waals surface area contributed by atoms with Gasteiger partial charge in [-0.1, -0.05) is 13.8 Å². The molecule has 1 aliphatic rings. The van der Waals surface area contributed by atoms with Crippen LogP contribution >= 0.6 is 11.3 Å². The van der Waals surface area contributed by atoms with Crippen molar-refractivity contribution in [2.45, 2.75) is 45.7 Å². The van der Waals surface area contributed by atoms with Gasteiger partial charge in [-0.05, 0) is 25.8 Å². The van der Waals surface area contributed by atoms with Crippen LogP contribution in [0.15, 0.2) is 5.38 Å². The fraction of sp³-hybridized carbons (Fsp3) is 0.733. The molecule has 2 unspecified atom stereocenters. The van der Waals surface area contributed by atoms with Gasteiger partial charge in [0, 0.05) is 18.0 Å². The summed E-state index contributed by atoms with van der Waals surface area (Å²) in [5.74, 6) is -1.19. The number of ether oxygens (including phenoxy) is 1. The Morgan fingerprint density at radius 1 is 1.48 bits per heavy atom. The molecule has 1 fully saturated rings. The van der Waals surface area contributed by atoms with Crippen molar-refractivity contribution in [1.29, 1.82) is 0 Å². The Balaban J connectivity index is 2.05. The molecule has 2 rings (SSSR count). The van der Waals surface area contributed by atoms with E-state index in [4.69, 9.17) is 4.74 Å². The van der Waals surface area contributed by atoms with Gasteiger partial charge < -0.3 is 9.84 Å². The number of carbonyl (C=O) groups is 1. The number of hydrogen-bond donors (Lipinski definition) is 1. The highest BCUT2D eigenvalue weighted by atomic mass is 32.1. The highest BCUT2D eigenvalue weighted by Crippen LogP contribution is 2.23. The van der Waals surface area contributed by atoms with Crippen LogP contribution in [0.3, 0.4) is 0 Å². The molecule has 118 valence electrons. The zero-order valence-corrected chi connectivity index (χ0v) is 13.6. The Hall–Kier alpha value is -0.980. The molecule has 1 aromatic rings. The van der Waals surface area contributed by atoms with Crippen molar-refractivity contribution in [2.75, 3.05) is 19.8 Å². The summed E-state index contributed by atoms with van der Waals surface area (Å²) in [7, 11) is 0. The van der Waals surface area contributed by atoms with E-state index >= 15 is 0 Å². The molecule has 21 heavy (non-hydrogen) atoms. The quantitative estimate of drug-likeness (QED) is 0.798. The number of carboxylic acids is 1. The molecule has 1 N–H and O–H groups in total. The minimum Gasteiger partial charge on any atom is -0.481 e. The SMILES string of the molecule is CCCc1nc(CN(CCC)C2COCC2C(=O)O)cs1. The van der Waals surface area contributed by atoms with E-state index in [1.165, 1.54) is 5.01 Å². The van der Waals surface area contributed by atoms with Crippen molar-refractivity contribution in [1.82, 2.24) is 9.88 Å². The maximum Gasteiger partial charge on any atom is 0.310 e. The van der Waals surface area contributed by atoms with Crippen molar-refractivity contribution in [3.05, 3.63) is 16.1 Å². The Labute approximate surface area is 129 Å². The minimum atomic E-state index is -0.761. The van der Waals surface area contributed by atoms with Crippen LogP contribution in [0.5, 0.6) is 0 Å². The standard InChI is InChI=1S/C15H24N2O3S/c1-3-5-14-16-11(10-21-14)7-17(6-4-2)13-9-20-8-12(13)15(18)19/h10,12-13H,3-9H2,1-2H3,(H,18,19). The number of rotatable bonds is 8. The monoisotopic (exact) mass is 312 g/mol. The van der Waals surface area contributed by atoms with Gasteiger partial charge in [-0.3, -0.25) is 9.69 Å². The second kappa shape index (κ2) is 7.87. The van der Waals surface area contributed by atoms with E-state index in [0.717, 1.165) is 31.5 Å². The van der Waals surface area contributed by atoms with Crippen LogP contribution < -0.4 is 0 Å². The summed E-state index contributed by atoms with van der Waals surface area (Å²) in [6, 6.07) is -0.0428. The van der Waals surface area contributed by atoms with Crippen LogP contribution in [0, 0.1) is 5.92 Å². The van der Waals surface area contributed by atoms with Gasteiger partial charge >= 0.3 is 5.97 Å². The third-order valence-electron chi connectivity index (χ3n) is 3.78. The normalized spacial score (nSPS) is 22.0. The minimum absolute atomic E-state index is 0.0428. The van der Waals surface area contributed by atoms with Crippen molar-refractivity contribution < 1.29 is 14.6 Å². The molecule has 0 radical (unpaired) electrons. The van der Waals surface area contributed by atoms with Gasteiger partial charge in [-0.25, -0.2) is 4.98 Å². The molecule has 0 bridgehead atoms. The molecule has 1 saturated heterocycles. The van der Waals surface area contributed by atoms with Gasteiger partial charge in [0.15, 0.2) is 0 Å². The van der Waals surface area contributed by atoms with Crippen LogP contribution in [-0.4, -0.2) is 46.8 Å². The summed E-state index contributed by atoms with van der Waals surface area (Å²) in [5, 5.41) is 12.6. The molecule has 0 aromatic carbocycles. The topological polar surface area (TPSA) is 62.7 Å². The van der Waals surface area contributed by atoms with Gasteiger partial charge in [0.1, 0.15) is 0 Å². The molecule has 1 aromatic heterocycles. The lowest BCUT2D eigenvalue weighted by Crippen LogP contribution is -2.43. The van der Waals surface area contributed by atoms with Crippen LogP contribution in [0.25, 0.3) is 0 Å². The lowest BCUT2D eigenvalue weighted by atomic mass is 10.0. The molecule has 0 spiro atoms. The Morgan fingerprint density at radius 2 is 2.29 bits per heavy atom. The van der Waals surface area contributed by atoms with Crippen molar-refractivity contribution in [2.24, 2.45) is 5.92 Å². The number of hydrogen-bond acceptors (Lipinski definition) is 5. The molecule has 2 heterocycles. The fourth-order valence-corrected chi connectivity index (χ4v) is 3.64. The number of aryl methyl sites for hydroxylation is 1. The summed E-state index contributed by atoms with van der Waals surface area (Å²) in [6.45, 7) is 6.67. The molecular weight excluding hydrogens is 288 g/mol. The van der Waals surface area contributed by atoms with Gasteiger partial charge in [0.2, 0.25) is 0 Å². The average molecular weight is 312 g/mol. The van der Waals surface area contributed by atoms with E-state index in [2.05, 4.69) is 29.1 Å². The molecule has 5 nitrogen and oxygen atoms in total. The average Bonchev–Trinajstić information content (AvgIpc) is 3.07. The molecule has 6 heteroatoms. The first-order valence-corrected chi connectivity index (χ1v) is 8.51. The van der Waals surface area contributed by atoms with E-state index in [-0.39, 0.29) is 6.04 Å². The molecule has 1 aliphatic heterocycles. The predicted molar refractivity (Wildman–Crippen MR) is 82.5 cm³/mol. The van der Waals surface area contributed by atoms with Crippen molar-refractivity contribution in [3.8, 4) is 0 Å². The number of aliphatic carboxylic acids is 1. The summed E-state index contributed by atoms with van der Waals surface area (Å²) in [6.07, 6.45) is 3.11. The van der Waals surface area contributed by atoms with E-state index < -0.39 is 11.9 Å². The molecular formula is C15H24N2O3S. The third kappa shape index (κ3) is 4.25. The first-order valence-electron chi connectivity index (χ1n) is 7.63. The number of nitrogens with zero attached hydrogens (tertiary/aromatic N) is 2. The number of aromatic nitrogens is 1. The smallest absolute Gasteiger partial charge is 0.310 e. The zero-order chi connectivity index (χ0) is 15.2. The van der Waals surface area contributed by atoms with Crippen LogP contribution in [0.4, 0.5) is 0 Å². The summed E-state index contributed by atoms with van der Waals surface area (Å²) in [4.78, 5) is 18.2. The third-order valence-corrected chi connectivity index (χ3v) is 4.73. The Kier molecular flexibility index (Phi) is 6.14. The first-order chi connectivity index (χ1) is 10.2. The van der Waals surface area contributed by atoms with Crippen molar-refractivity contribution >= 4 is 17.3 Å². The summed E-state index contributed by atoms with van der Waals surface area (Å²) in [5.41, 5.74) is 1.05. The van der Waals surface area contributed by atoms with Crippen LogP contribution in [0.2, 0.25) is 0 Å². The summed E-state index contributed by atoms with van der Waals surface area (Å²) >= 11 is 1.70. The fourth-order valence-electron chi connectivity index (χ4n) is 2.75. The number of carboxylic acid groups (broad SMARTS) is 1. The van der Waals surface area contributed by atoms with E-state index in [1.807, 2.05) is 0 Å². The van der Waals surface area contributed by atoms with E-state index in [0.29, 0.717) is 19.8 Å². The lowest BCUT2D eigenvalue weighted by molar-refractivity contribution is -0.143. The highest BCUT2D eigenvalue weighted by molar-refractivity contribution is 7.09. The van der Waals surface area contributed by atoms with Gasteiger partial charge in [0.25, 0.3) is 0 Å². The Morgan fingerprint density at radius 3 is 2.95 bits per heavy atom. The van der Waals surface area contributed by atoms with Gasteiger partial charge in [-0.15, -0.1) is 11.3 Å². The molecule has 0 amide bonds. The predicted octanol–water partition coefficient (Wildman–Crippen LogP) is 2.41. The zero-order valence-electron chi connectivity index (χ0n) is 12.7. The molecule has 2 atom stereocenters. The summed E-state index contributed by atoms with van der Waals surface area (Å²) < 4.78 is 5.40.